The molecule has 0 radical (unpaired) electrons. The third-order valence-corrected chi connectivity index (χ3v) is 4.66. The number of carbonyl (C=O) groups excluding carboxylic acids is 1. The molecule has 25 heavy (non-hydrogen) atoms. The Morgan fingerprint density at radius 3 is 2.68 bits per heavy atom. The van der Waals surface area contributed by atoms with Crippen molar-refractivity contribution in [1.29, 1.82) is 0 Å². The highest BCUT2D eigenvalue weighted by atomic mass is 16.3. The lowest BCUT2D eigenvalue weighted by Crippen LogP contribution is -2.39. The third-order valence-electron chi connectivity index (χ3n) is 4.66. The van der Waals surface area contributed by atoms with Crippen LogP contribution in [0.5, 0.6) is 0 Å². The molecule has 1 saturated heterocycles. The van der Waals surface area contributed by atoms with Gasteiger partial charge < -0.3 is 19.9 Å². The Morgan fingerprint density at radius 2 is 1.96 bits per heavy atom. The highest BCUT2D eigenvalue weighted by Gasteiger charge is 2.16. The van der Waals surface area contributed by atoms with Gasteiger partial charge in [-0.15, -0.1) is 0 Å². The second kappa shape index (κ2) is 8.83. The number of piperidine rings is 1. The SMILES string of the molecule is O=C(NCCCN1CCCC(O)C1)c1ccc(Cn2cccc2)cc1. The Hall–Kier alpha value is -2.11. The normalized spacial score (nSPS) is 18.2. The molecule has 0 aliphatic carbocycles. The van der Waals surface area contributed by atoms with E-state index < -0.39 is 0 Å². The minimum Gasteiger partial charge on any atom is -0.392 e. The summed E-state index contributed by atoms with van der Waals surface area (Å²) in [5, 5.41) is 12.6. The van der Waals surface area contributed by atoms with Crippen LogP contribution < -0.4 is 5.32 Å². The van der Waals surface area contributed by atoms with Gasteiger partial charge in [0.1, 0.15) is 0 Å². The lowest BCUT2D eigenvalue weighted by atomic mass is 10.1. The van der Waals surface area contributed by atoms with Gasteiger partial charge in [-0.05, 0) is 62.2 Å². The van der Waals surface area contributed by atoms with Crippen molar-refractivity contribution in [3.05, 3.63) is 59.9 Å². The van der Waals surface area contributed by atoms with E-state index in [4.69, 9.17) is 0 Å². The number of nitrogens with one attached hydrogen (secondary N) is 1. The van der Waals surface area contributed by atoms with E-state index in [0.29, 0.717) is 12.1 Å². The Kier molecular flexibility index (Phi) is 6.25. The fourth-order valence-electron chi connectivity index (χ4n) is 3.29. The maximum absolute atomic E-state index is 12.2. The Bertz CT molecular complexity index is 652. The van der Waals surface area contributed by atoms with Gasteiger partial charge in [0.2, 0.25) is 0 Å². The molecule has 5 nitrogen and oxygen atoms in total. The molecule has 0 bridgehead atoms. The summed E-state index contributed by atoms with van der Waals surface area (Å²) >= 11 is 0. The first-order valence-electron chi connectivity index (χ1n) is 9.09. The number of rotatable bonds is 7. The molecule has 1 aromatic heterocycles. The number of aliphatic hydroxyl groups excluding tert-OH is 1. The molecule has 1 aliphatic rings. The number of nitrogens with zero attached hydrogens (tertiary/aromatic N) is 2. The molecule has 1 atom stereocenters. The Morgan fingerprint density at radius 1 is 1.20 bits per heavy atom. The molecule has 0 spiro atoms. The highest BCUT2D eigenvalue weighted by molar-refractivity contribution is 5.94. The van der Waals surface area contributed by atoms with E-state index >= 15 is 0 Å². The van der Waals surface area contributed by atoms with Crippen LogP contribution in [0.25, 0.3) is 0 Å². The summed E-state index contributed by atoms with van der Waals surface area (Å²) in [5.74, 6) is -0.0220. The van der Waals surface area contributed by atoms with Crippen molar-refractivity contribution in [2.45, 2.75) is 31.9 Å². The summed E-state index contributed by atoms with van der Waals surface area (Å²) < 4.78 is 2.10. The summed E-state index contributed by atoms with van der Waals surface area (Å²) in [7, 11) is 0. The fourth-order valence-corrected chi connectivity index (χ4v) is 3.29. The lowest BCUT2D eigenvalue weighted by molar-refractivity contribution is 0.0697. The van der Waals surface area contributed by atoms with Crippen LogP contribution in [0.2, 0.25) is 0 Å². The topological polar surface area (TPSA) is 57.5 Å². The first-order valence-corrected chi connectivity index (χ1v) is 9.09. The second-order valence-corrected chi connectivity index (χ2v) is 6.76. The summed E-state index contributed by atoms with van der Waals surface area (Å²) in [6.45, 7) is 4.21. The van der Waals surface area contributed by atoms with Crippen molar-refractivity contribution in [3.63, 3.8) is 0 Å². The van der Waals surface area contributed by atoms with Gasteiger partial charge in [-0.2, -0.15) is 0 Å². The van der Waals surface area contributed by atoms with Crippen LogP contribution in [0.4, 0.5) is 0 Å². The van der Waals surface area contributed by atoms with Crippen LogP contribution in [-0.2, 0) is 6.54 Å². The predicted molar refractivity (Wildman–Crippen MR) is 98.6 cm³/mol. The number of likely N-dealkylation sites (tertiary alicyclic amines) is 1. The van der Waals surface area contributed by atoms with Crippen LogP contribution in [-0.4, -0.2) is 52.8 Å². The Labute approximate surface area is 149 Å². The molecule has 134 valence electrons. The average molecular weight is 341 g/mol. The number of aliphatic hydroxyl groups is 1. The van der Waals surface area contributed by atoms with Crippen LogP contribution in [0.1, 0.15) is 35.2 Å². The number of amides is 1. The first kappa shape index (κ1) is 17.7. The minimum absolute atomic E-state index is 0.0220. The molecule has 2 N–H and O–H groups in total. The van der Waals surface area contributed by atoms with Crippen LogP contribution in [0.3, 0.4) is 0 Å². The molecule has 5 heteroatoms. The van der Waals surface area contributed by atoms with Crippen molar-refractivity contribution >= 4 is 5.91 Å². The maximum Gasteiger partial charge on any atom is 0.251 e. The van der Waals surface area contributed by atoms with Gasteiger partial charge in [0.05, 0.1) is 6.10 Å². The second-order valence-electron chi connectivity index (χ2n) is 6.76. The molecular weight excluding hydrogens is 314 g/mol. The maximum atomic E-state index is 12.2. The fraction of sp³-hybridized carbons (Fsp3) is 0.450. The molecule has 1 amide bonds. The summed E-state index contributed by atoms with van der Waals surface area (Å²) in [6, 6.07) is 11.8. The summed E-state index contributed by atoms with van der Waals surface area (Å²) in [6.07, 6.45) is 6.75. The van der Waals surface area contributed by atoms with Gasteiger partial charge in [-0.1, -0.05) is 12.1 Å². The summed E-state index contributed by atoms with van der Waals surface area (Å²) in [5.41, 5.74) is 1.88. The molecule has 1 aromatic carbocycles. The zero-order chi connectivity index (χ0) is 17.5. The number of benzene rings is 1. The van der Waals surface area contributed by atoms with Crippen molar-refractivity contribution in [2.24, 2.45) is 0 Å². The van der Waals surface area contributed by atoms with E-state index in [2.05, 4.69) is 14.8 Å². The molecule has 2 heterocycles. The zero-order valence-corrected chi connectivity index (χ0v) is 14.6. The highest BCUT2D eigenvalue weighted by Crippen LogP contribution is 2.10. The smallest absolute Gasteiger partial charge is 0.251 e. The van der Waals surface area contributed by atoms with Gasteiger partial charge in [-0.3, -0.25) is 4.79 Å². The van der Waals surface area contributed by atoms with Gasteiger partial charge in [0.25, 0.3) is 5.91 Å². The van der Waals surface area contributed by atoms with E-state index in [0.717, 1.165) is 45.4 Å². The monoisotopic (exact) mass is 341 g/mol. The number of β-amino-alcohol motifs (C(OH)–C–C–N with tert-alkyl or cyclic N) is 1. The number of carbonyl (C=O) groups is 1. The number of aromatic nitrogens is 1. The first-order chi connectivity index (χ1) is 12.2. The molecule has 1 fully saturated rings. The predicted octanol–water partition coefficient (Wildman–Crippen LogP) is 2.11. The van der Waals surface area contributed by atoms with Crippen LogP contribution in [0, 0.1) is 0 Å². The average Bonchev–Trinajstić information content (AvgIpc) is 3.12. The molecule has 3 rings (SSSR count). The van der Waals surface area contributed by atoms with E-state index in [1.54, 1.807) is 0 Å². The minimum atomic E-state index is -0.187. The number of hydrogen-bond donors (Lipinski definition) is 2. The summed E-state index contributed by atoms with van der Waals surface area (Å²) in [4.78, 5) is 14.5. The van der Waals surface area contributed by atoms with Gasteiger partial charge >= 0.3 is 0 Å². The van der Waals surface area contributed by atoms with Crippen molar-refractivity contribution in [3.8, 4) is 0 Å². The molecule has 1 aliphatic heterocycles. The van der Waals surface area contributed by atoms with Gasteiger partial charge in [0.15, 0.2) is 0 Å². The van der Waals surface area contributed by atoms with E-state index in [1.807, 2.05) is 48.8 Å². The molecule has 2 aromatic rings. The van der Waals surface area contributed by atoms with Gasteiger partial charge in [-0.25, -0.2) is 0 Å². The van der Waals surface area contributed by atoms with Crippen molar-refractivity contribution < 1.29 is 9.90 Å². The van der Waals surface area contributed by atoms with Gasteiger partial charge in [0, 0.05) is 37.6 Å². The Balaban J connectivity index is 1.39. The van der Waals surface area contributed by atoms with E-state index in [-0.39, 0.29) is 12.0 Å². The van der Waals surface area contributed by atoms with Crippen LogP contribution >= 0.6 is 0 Å². The van der Waals surface area contributed by atoms with Crippen LogP contribution in [0.15, 0.2) is 48.8 Å². The third kappa shape index (κ3) is 5.44. The largest absolute Gasteiger partial charge is 0.392 e. The molecular formula is C20H27N3O2. The van der Waals surface area contributed by atoms with Crippen molar-refractivity contribution in [1.82, 2.24) is 14.8 Å². The molecule has 0 saturated carbocycles. The standard InChI is InChI=1S/C20H27N3O2/c24-19-5-3-13-23(16-19)14-4-10-21-20(25)18-8-6-17(7-9-18)15-22-11-1-2-12-22/h1-2,6-9,11-12,19,24H,3-5,10,13-16H2,(H,21,25). The lowest BCUT2D eigenvalue weighted by Gasteiger charge is -2.29. The van der Waals surface area contributed by atoms with Crippen molar-refractivity contribution in [2.75, 3.05) is 26.2 Å². The quantitative estimate of drug-likeness (QED) is 0.759. The zero-order valence-electron chi connectivity index (χ0n) is 14.6. The van der Waals surface area contributed by atoms with E-state index in [9.17, 15) is 9.90 Å². The molecule has 1 unspecified atom stereocenters. The number of hydrogen-bond acceptors (Lipinski definition) is 3. The van der Waals surface area contributed by atoms with E-state index in [1.165, 1.54) is 5.56 Å².